The van der Waals surface area contributed by atoms with Gasteiger partial charge in [-0.1, -0.05) is 23.7 Å². The van der Waals surface area contributed by atoms with Crippen LogP contribution in [0.4, 0.5) is 5.13 Å². The van der Waals surface area contributed by atoms with Gasteiger partial charge in [-0.15, -0.1) is 11.3 Å². The fourth-order valence-corrected chi connectivity index (χ4v) is 6.20. The number of halogens is 1. The number of nitrogens with zero attached hydrogens (tertiary/aromatic N) is 3. The van der Waals surface area contributed by atoms with Crippen molar-refractivity contribution in [3.63, 3.8) is 0 Å². The first kappa shape index (κ1) is 21.0. The Labute approximate surface area is 182 Å². The molecule has 0 aliphatic carbocycles. The van der Waals surface area contributed by atoms with E-state index in [1.165, 1.54) is 16.3 Å². The molecule has 8 nitrogen and oxygen atoms in total. The molecule has 0 spiro atoms. The summed E-state index contributed by atoms with van der Waals surface area (Å²) in [6, 6.07) is 7.03. The average Bonchev–Trinajstić information content (AvgIpc) is 3.27. The Kier molecular flexibility index (Phi) is 5.90. The van der Waals surface area contributed by atoms with E-state index in [0.29, 0.717) is 23.0 Å². The fraction of sp³-hybridized carbons (Fsp3) is 0.368. The molecule has 1 N–H and O–H groups in total. The lowest BCUT2D eigenvalue weighted by Gasteiger charge is -2.27. The summed E-state index contributed by atoms with van der Waals surface area (Å²) in [5, 5.41) is 9.18. The van der Waals surface area contributed by atoms with Gasteiger partial charge in [0, 0.05) is 35.4 Å². The first-order chi connectivity index (χ1) is 14.3. The molecule has 1 saturated heterocycles. The quantitative estimate of drug-likeness (QED) is 0.728. The Morgan fingerprint density at radius 3 is 2.90 bits per heavy atom. The van der Waals surface area contributed by atoms with Gasteiger partial charge in [-0.3, -0.25) is 14.9 Å². The molecule has 0 bridgehead atoms. The number of hydrazone groups is 1. The molecule has 0 saturated carbocycles. The number of amides is 2. The molecular weight excluding hydrogens is 448 g/mol. The van der Waals surface area contributed by atoms with Crippen LogP contribution in [0.25, 0.3) is 0 Å². The van der Waals surface area contributed by atoms with Crippen LogP contribution < -0.4 is 5.32 Å². The highest BCUT2D eigenvalue weighted by Crippen LogP contribution is 2.24. The predicted octanol–water partition coefficient (Wildman–Crippen LogP) is 2.49. The maximum Gasteiger partial charge on any atom is 0.273 e. The van der Waals surface area contributed by atoms with Crippen molar-refractivity contribution in [3.05, 3.63) is 45.9 Å². The Balaban J connectivity index is 1.43. The number of hydrogen-bond donors (Lipinski definition) is 1. The number of carbonyl (C=O) groups excluding carboxylic acids is 2. The van der Waals surface area contributed by atoms with Crippen molar-refractivity contribution >= 4 is 55.4 Å². The van der Waals surface area contributed by atoms with E-state index in [9.17, 15) is 18.0 Å². The summed E-state index contributed by atoms with van der Waals surface area (Å²) >= 11 is 7.36. The van der Waals surface area contributed by atoms with Gasteiger partial charge in [0.15, 0.2) is 15.0 Å². The van der Waals surface area contributed by atoms with Crippen molar-refractivity contribution in [2.24, 2.45) is 5.10 Å². The molecule has 3 heterocycles. The third-order valence-electron chi connectivity index (χ3n) is 4.92. The number of aromatic nitrogens is 1. The van der Waals surface area contributed by atoms with Crippen LogP contribution in [-0.4, -0.2) is 53.5 Å². The minimum Gasteiger partial charge on any atom is -0.297 e. The fourth-order valence-electron chi connectivity index (χ4n) is 3.45. The van der Waals surface area contributed by atoms with Crippen molar-refractivity contribution in [2.75, 3.05) is 16.8 Å². The number of benzene rings is 1. The summed E-state index contributed by atoms with van der Waals surface area (Å²) in [7, 11) is -3.16. The monoisotopic (exact) mass is 466 g/mol. The van der Waals surface area contributed by atoms with Crippen LogP contribution in [0.2, 0.25) is 5.02 Å². The number of anilines is 1. The van der Waals surface area contributed by atoms with E-state index in [4.69, 9.17) is 11.6 Å². The van der Waals surface area contributed by atoms with Gasteiger partial charge in [0.1, 0.15) is 5.71 Å². The van der Waals surface area contributed by atoms with Crippen LogP contribution in [0, 0.1) is 0 Å². The van der Waals surface area contributed by atoms with Crippen LogP contribution in [0.1, 0.15) is 29.7 Å². The summed E-state index contributed by atoms with van der Waals surface area (Å²) in [5.74, 6) is -0.771. The summed E-state index contributed by atoms with van der Waals surface area (Å²) in [4.78, 5) is 30.0. The molecule has 1 unspecified atom stereocenters. The van der Waals surface area contributed by atoms with Crippen LogP contribution >= 0.6 is 22.9 Å². The topological polar surface area (TPSA) is 109 Å². The van der Waals surface area contributed by atoms with Gasteiger partial charge in [0.05, 0.1) is 17.5 Å². The third kappa shape index (κ3) is 4.88. The molecule has 4 rings (SSSR count). The minimum absolute atomic E-state index is 0.0347. The van der Waals surface area contributed by atoms with Crippen molar-refractivity contribution in [2.45, 2.75) is 31.7 Å². The number of thiazole rings is 1. The zero-order valence-corrected chi connectivity index (χ0v) is 18.3. The molecule has 158 valence electrons. The molecule has 1 atom stereocenters. The van der Waals surface area contributed by atoms with Gasteiger partial charge in [0.2, 0.25) is 5.91 Å². The van der Waals surface area contributed by atoms with Crippen LogP contribution in [-0.2, 0) is 25.8 Å². The number of sulfone groups is 1. The first-order valence-corrected chi connectivity index (χ1v) is 12.4. The largest absolute Gasteiger partial charge is 0.297 e. The second-order valence-corrected chi connectivity index (χ2v) is 11.0. The third-order valence-corrected chi connectivity index (χ3v) is 7.82. The number of rotatable bonds is 5. The molecule has 1 aromatic heterocycles. The van der Waals surface area contributed by atoms with E-state index in [0.717, 1.165) is 10.4 Å². The molecule has 2 aliphatic heterocycles. The Morgan fingerprint density at radius 1 is 1.33 bits per heavy atom. The van der Waals surface area contributed by atoms with Crippen LogP contribution in [0.15, 0.2) is 35.6 Å². The second-order valence-electron chi connectivity index (χ2n) is 7.23. The van der Waals surface area contributed by atoms with Crippen molar-refractivity contribution in [1.82, 2.24) is 9.99 Å². The molecule has 0 radical (unpaired) electrons. The smallest absolute Gasteiger partial charge is 0.273 e. The minimum atomic E-state index is -3.16. The van der Waals surface area contributed by atoms with E-state index < -0.39 is 21.8 Å². The van der Waals surface area contributed by atoms with Gasteiger partial charge in [-0.2, -0.15) is 5.10 Å². The molecule has 1 fully saturated rings. The highest BCUT2D eigenvalue weighted by molar-refractivity contribution is 7.91. The maximum absolute atomic E-state index is 12.6. The average molecular weight is 467 g/mol. The lowest BCUT2D eigenvalue weighted by Crippen LogP contribution is -2.42. The lowest BCUT2D eigenvalue weighted by atomic mass is 10.1. The molecule has 30 heavy (non-hydrogen) atoms. The molecule has 2 amide bonds. The predicted molar refractivity (Wildman–Crippen MR) is 116 cm³/mol. The van der Waals surface area contributed by atoms with Gasteiger partial charge in [0.25, 0.3) is 5.91 Å². The van der Waals surface area contributed by atoms with E-state index in [2.05, 4.69) is 15.4 Å². The number of carbonyl (C=O) groups is 2. The van der Waals surface area contributed by atoms with E-state index in [-0.39, 0.29) is 36.0 Å². The first-order valence-electron chi connectivity index (χ1n) is 9.39. The Hall–Kier alpha value is -2.30. The maximum atomic E-state index is 12.6. The van der Waals surface area contributed by atoms with Gasteiger partial charge in [-0.05, 0) is 24.1 Å². The molecule has 2 aromatic rings. The molecular formula is C19H19ClN4O4S2. The normalized spacial score (nSPS) is 20.8. The van der Waals surface area contributed by atoms with Crippen LogP contribution in [0.5, 0.6) is 0 Å². The Bertz CT molecular complexity index is 1130. The van der Waals surface area contributed by atoms with Crippen molar-refractivity contribution < 1.29 is 18.0 Å². The van der Waals surface area contributed by atoms with Crippen LogP contribution in [0.3, 0.4) is 0 Å². The van der Waals surface area contributed by atoms with E-state index >= 15 is 0 Å². The molecule has 2 aliphatic rings. The van der Waals surface area contributed by atoms with E-state index in [1.54, 1.807) is 6.20 Å². The zero-order chi connectivity index (χ0) is 21.3. The molecule has 11 heteroatoms. The number of nitrogens with one attached hydrogen (secondary N) is 1. The summed E-state index contributed by atoms with van der Waals surface area (Å²) < 4.78 is 23.4. The summed E-state index contributed by atoms with van der Waals surface area (Å²) in [5.41, 5.74) is 1.24. The van der Waals surface area contributed by atoms with Gasteiger partial charge < -0.3 is 0 Å². The standard InChI is InChI=1S/C19H19ClN4O4S2/c20-13-3-1-2-12(8-13)9-15-10-21-19(29-15)22-18(26)16-4-5-17(25)24(23-16)14-6-7-30(27,28)11-14/h1-3,8,10,14H,4-7,9,11H2,(H,21,22,26). The number of hydrogen-bond acceptors (Lipinski definition) is 7. The van der Waals surface area contributed by atoms with Crippen molar-refractivity contribution in [3.8, 4) is 0 Å². The summed E-state index contributed by atoms with van der Waals surface area (Å²) in [6.07, 6.45) is 3.02. The lowest BCUT2D eigenvalue weighted by molar-refractivity contribution is -0.133. The second kappa shape index (κ2) is 8.44. The van der Waals surface area contributed by atoms with Gasteiger partial charge in [-0.25, -0.2) is 18.4 Å². The summed E-state index contributed by atoms with van der Waals surface area (Å²) in [6.45, 7) is 0. The molecule has 1 aromatic carbocycles. The highest BCUT2D eigenvalue weighted by Gasteiger charge is 2.37. The Morgan fingerprint density at radius 2 is 2.17 bits per heavy atom. The van der Waals surface area contributed by atoms with Gasteiger partial charge >= 0.3 is 0 Å². The SMILES string of the molecule is O=C(Nc1ncc(Cc2cccc(Cl)c2)s1)C1=NN(C2CCS(=O)(=O)C2)C(=O)CC1. The zero-order valence-electron chi connectivity index (χ0n) is 15.9. The highest BCUT2D eigenvalue weighted by atomic mass is 35.5. The van der Waals surface area contributed by atoms with E-state index in [1.807, 2.05) is 24.3 Å². The van der Waals surface area contributed by atoms with Crippen molar-refractivity contribution in [1.29, 1.82) is 0 Å².